The fourth-order valence-corrected chi connectivity index (χ4v) is 2.80. The first-order chi connectivity index (χ1) is 12.6. The number of rotatable bonds is 7. The van der Waals surface area contributed by atoms with Crippen molar-refractivity contribution in [3.8, 4) is 0 Å². The zero-order valence-electron chi connectivity index (χ0n) is 17.7. The maximum absolute atomic E-state index is 14.4. The number of hydrogen-bond acceptors (Lipinski definition) is 3. The molecule has 7 heteroatoms. The van der Waals surface area contributed by atoms with E-state index in [1.54, 1.807) is 25.1 Å². The van der Waals surface area contributed by atoms with E-state index in [2.05, 4.69) is 15.6 Å². The van der Waals surface area contributed by atoms with Crippen LogP contribution in [0.2, 0.25) is 0 Å². The molecule has 1 rings (SSSR count). The van der Waals surface area contributed by atoms with Crippen molar-refractivity contribution >= 4 is 17.6 Å². The third kappa shape index (κ3) is 7.45. The predicted molar refractivity (Wildman–Crippen MR) is 111 cm³/mol. The van der Waals surface area contributed by atoms with Crippen LogP contribution < -0.4 is 15.5 Å². The molecule has 0 spiro atoms. The number of carbonyl (C=O) groups is 1. The Bertz CT molecular complexity index is 650. The Balaban J connectivity index is 2.69. The monoisotopic (exact) mass is 379 g/mol. The Morgan fingerprint density at radius 3 is 2.33 bits per heavy atom. The number of halogens is 1. The summed E-state index contributed by atoms with van der Waals surface area (Å²) in [4.78, 5) is 20.0. The lowest BCUT2D eigenvalue weighted by Crippen LogP contribution is -2.48. The summed E-state index contributed by atoms with van der Waals surface area (Å²) < 4.78 is 14.4. The largest absolute Gasteiger partial charge is 0.370 e. The van der Waals surface area contributed by atoms with Gasteiger partial charge >= 0.3 is 0 Å². The molecule has 0 aliphatic rings. The minimum Gasteiger partial charge on any atom is -0.370 e. The molecule has 0 saturated carbocycles. The number of aliphatic imine (C=N–C) groups is 1. The molecule has 0 fully saturated rings. The molecule has 0 aliphatic heterocycles. The van der Waals surface area contributed by atoms with Crippen molar-refractivity contribution in [1.29, 1.82) is 0 Å². The minimum absolute atomic E-state index is 0.0810. The molecule has 0 atom stereocenters. The van der Waals surface area contributed by atoms with E-state index < -0.39 is 0 Å². The number of nitrogens with zero attached hydrogens (tertiary/aromatic N) is 3. The van der Waals surface area contributed by atoms with Crippen LogP contribution in [0, 0.1) is 5.82 Å². The van der Waals surface area contributed by atoms with Crippen LogP contribution in [-0.2, 0) is 11.3 Å². The van der Waals surface area contributed by atoms with Gasteiger partial charge in [-0.3, -0.25) is 9.79 Å². The second-order valence-corrected chi connectivity index (χ2v) is 7.51. The normalized spacial score (nSPS) is 11.9. The number of anilines is 1. The zero-order chi connectivity index (χ0) is 20.6. The minimum atomic E-state index is -0.279. The molecule has 0 radical (unpaired) electrons. The molecule has 0 heterocycles. The molecule has 152 valence electrons. The van der Waals surface area contributed by atoms with Gasteiger partial charge in [0, 0.05) is 39.3 Å². The summed E-state index contributed by atoms with van der Waals surface area (Å²) in [5.74, 6) is 0.265. The van der Waals surface area contributed by atoms with Crippen molar-refractivity contribution in [3.05, 3.63) is 29.6 Å². The third-order valence-electron chi connectivity index (χ3n) is 4.04. The highest BCUT2D eigenvalue weighted by Crippen LogP contribution is 2.20. The number of benzene rings is 1. The summed E-state index contributed by atoms with van der Waals surface area (Å²) in [7, 11) is 3.45. The number of guanidine groups is 1. The summed E-state index contributed by atoms with van der Waals surface area (Å²) >= 11 is 0. The SMILES string of the molecule is CCN(CC)c1ccc(CNC(=NC)N(C)CC(=O)NC(C)(C)C)cc1F. The van der Waals surface area contributed by atoms with Crippen molar-refractivity contribution in [1.82, 2.24) is 15.5 Å². The summed E-state index contributed by atoms with van der Waals surface area (Å²) in [5, 5.41) is 6.09. The van der Waals surface area contributed by atoms with E-state index in [-0.39, 0.29) is 23.8 Å². The van der Waals surface area contributed by atoms with Gasteiger partial charge in [0.2, 0.25) is 5.91 Å². The molecule has 0 bridgehead atoms. The summed E-state index contributed by atoms with van der Waals surface area (Å²) in [6.07, 6.45) is 0. The number of amides is 1. The molecular formula is C20H34FN5O. The van der Waals surface area contributed by atoms with Crippen LogP contribution in [-0.4, -0.2) is 56.0 Å². The van der Waals surface area contributed by atoms with Crippen LogP contribution in [0.3, 0.4) is 0 Å². The van der Waals surface area contributed by atoms with Gasteiger partial charge in [-0.1, -0.05) is 6.07 Å². The lowest BCUT2D eigenvalue weighted by atomic mass is 10.1. The van der Waals surface area contributed by atoms with E-state index in [1.165, 1.54) is 0 Å². The molecule has 1 aromatic carbocycles. The van der Waals surface area contributed by atoms with Crippen molar-refractivity contribution in [2.75, 3.05) is 38.6 Å². The van der Waals surface area contributed by atoms with Crippen LogP contribution in [0.25, 0.3) is 0 Å². The number of nitrogens with one attached hydrogen (secondary N) is 2. The Morgan fingerprint density at radius 1 is 1.22 bits per heavy atom. The highest BCUT2D eigenvalue weighted by molar-refractivity contribution is 5.86. The zero-order valence-corrected chi connectivity index (χ0v) is 17.7. The lowest BCUT2D eigenvalue weighted by Gasteiger charge is -2.25. The van der Waals surface area contributed by atoms with E-state index in [9.17, 15) is 9.18 Å². The van der Waals surface area contributed by atoms with Gasteiger partial charge in [0.05, 0.1) is 12.2 Å². The van der Waals surface area contributed by atoms with Gasteiger partial charge in [0.25, 0.3) is 0 Å². The van der Waals surface area contributed by atoms with E-state index in [4.69, 9.17) is 0 Å². The molecule has 1 amide bonds. The molecule has 1 aromatic rings. The van der Waals surface area contributed by atoms with Gasteiger partial charge in [-0.2, -0.15) is 0 Å². The second kappa shape index (κ2) is 10.1. The lowest BCUT2D eigenvalue weighted by molar-refractivity contribution is -0.122. The fraction of sp³-hybridized carbons (Fsp3) is 0.600. The molecule has 0 aromatic heterocycles. The first kappa shape index (κ1) is 22.7. The van der Waals surface area contributed by atoms with Crippen LogP contribution in [0.1, 0.15) is 40.2 Å². The highest BCUT2D eigenvalue weighted by Gasteiger charge is 2.17. The molecule has 6 nitrogen and oxygen atoms in total. The molecule has 0 aliphatic carbocycles. The van der Waals surface area contributed by atoms with Crippen molar-refractivity contribution in [2.24, 2.45) is 4.99 Å². The third-order valence-corrected chi connectivity index (χ3v) is 4.04. The van der Waals surface area contributed by atoms with Gasteiger partial charge in [-0.05, 0) is 52.3 Å². The average molecular weight is 380 g/mol. The van der Waals surface area contributed by atoms with Gasteiger partial charge in [-0.15, -0.1) is 0 Å². The number of hydrogen-bond donors (Lipinski definition) is 2. The first-order valence-corrected chi connectivity index (χ1v) is 9.37. The van der Waals surface area contributed by atoms with E-state index in [0.717, 1.165) is 18.7 Å². The molecule has 0 saturated heterocycles. The second-order valence-electron chi connectivity index (χ2n) is 7.51. The average Bonchev–Trinajstić information content (AvgIpc) is 2.56. The van der Waals surface area contributed by atoms with Gasteiger partial charge in [-0.25, -0.2) is 4.39 Å². The van der Waals surface area contributed by atoms with Gasteiger partial charge in [0.15, 0.2) is 5.96 Å². The highest BCUT2D eigenvalue weighted by atomic mass is 19.1. The van der Waals surface area contributed by atoms with E-state index in [0.29, 0.717) is 18.2 Å². The summed E-state index contributed by atoms with van der Waals surface area (Å²) in [6.45, 7) is 12.0. The fourth-order valence-electron chi connectivity index (χ4n) is 2.80. The Labute approximate surface area is 162 Å². The van der Waals surface area contributed by atoms with E-state index >= 15 is 0 Å². The quantitative estimate of drug-likeness (QED) is 0.565. The van der Waals surface area contributed by atoms with Crippen LogP contribution in [0.5, 0.6) is 0 Å². The van der Waals surface area contributed by atoms with Gasteiger partial charge in [0.1, 0.15) is 5.82 Å². The molecule has 27 heavy (non-hydrogen) atoms. The Morgan fingerprint density at radius 2 is 1.85 bits per heavy atom. The standard InChI is InChI=1S/C20H34FN5O/c1-8-26(9-2)17-11-10-15(12-16(17)21)13-23-19(22-6)25(7)14-18(27)24-20(3,4)5/h10-12H,8-9,13-14H2,1-7H3,(H,22,23)(H,24,27). The number of carbonyl (C=O) groups excluding carboxylic acids is 1. The molecule has 2 N–H and O–H groups in total. The van der Waals surface area contributed by atoms with E-state index in [1.807, 2.05) is 51.7 Å². The number of likely N-dealkylation sites (N-methyl/N-ethyl adjacent to an activating group) is 1. The van der Waals surface area contributed by atoms with Gasteiger partial charge < -0.3 is 20.4 Å². The summed E-state index contributed by atoms with van der Waals surface area (Å²) in [6, 6.07) is 5.26. The maximum atomic E-state index is 14.4. The molecular weight excluding hydrogens is 345 g/mol. The van der Waals surface area contributed by atoms with Crippen molar-refractivity contribution in [2.45, 2.75) is 46.7 Å². The Kier molecular flexibility index (Phi) is 8.53. The molecule has 0 unspecified atom stereocenters. The topological polar surface area (TPSA) is 60.0 Å². The van der Waals surface area contributed by atoms with Crippen molar-refractivity contribution < 1.29 is 9.18 Å². The maximum Gasteiger partial charge on any atom is 0.240 e. The van der Waals surface area contributed by atoms with Crippen LogP contribution in [0.4, 0.5) is 10.1 Å². The summed E-state index contributed by atoms with van der Waals surface area (Å²) in [5.41, 5.74) is 1.15. The Hall–Kier alpha value is -2.31. The van der Waals surface area contributed by atoms with Crippen LogP contribution >= 0.6 is 0 Å². The predicted octanol–water partition coefficient (Wildman–Crippen LogP) is 2.59. The van der Waals surface area contributed by atoms with Crippen LogP contribution in [0.15, 0.2) is 23.2 Å². The van der Waals surface area contributed by atoms with Crippen molar-refractivity contribution in [3.63, 3.8) is 0 Å². The first-order valence-electron chi connectivity index (χ1n) is 9.37. The smallest absolute Gasteiger partial charge is 0.240 e.